The number of rotatable bonds is 5. The van der Waals surface area contributed by atoms with E-state index < -0.39 is 0 Å². The molecule has 2 aromatic rings. The highest BCUT2D eigenvalue weighted by atomic mass is 19.1. The van der Waals surface area contributed by atoms with Crippen LogP contribution in [0.25, 0.3) is 0 Å². The minimum Gasteiger partial charge on any atom is -0.378 e. The third kappa shape index (κ3) is 4.22. The lowest BCUT2D eigenvalue weighted by Crippen LogP contribution is -2.36. The second kappa shape index (κ2) is 8.32. The van der Waals surface area contributed by atoms with E-state index >= 15 is 0 Å². The van der Waals surface area contributed by atoms with E-state index in [9.17, 15) is 9.18 Å². The summed E-state index contributed by atoms with van der Waals surface area (Å²) in [5.41, 5.74) is 4.79. The molecule has 1 saturated heterocycles. The van der Waals surface area contributed by atoms with Gasteiger partial charge in [0, 0.05) is 30.9 Å². The van der Waals surface area contributed by atoms with Gasteiger partial charge in [-0.2, -0.15) is 0 Å². The molecule has 4 nitrogen and oxygen atoms in total. The van der Waals surface area contributed by atoms with Crippen molar-refractivity contribution in [1.82, 2.24) is 5.32 Å². The molecule has 1 aliphatic rings. The molecule has 0 unspecified atom stereocenters. The number of carbonyl (C=O) groups is 1. The van der Waals surface area contributed by atoms with Crippen molar-refractivity contribution in [3.63, 3.8) is 0 Å². The molecular weight excluding hydrogens is 331 g/mol. The second-order valence-corrected chi connectivity index (χ2v) is 6.56. The molecule has 0 aromatic heterocycles. The number of nitrogens with zero attached hydrogens (tertiary/aromatic N) is 1. The van der Waals surface area contributed by atoms with Crippen LogP contribution < -0.4 is 10.2 Å². The maximum atomic E-state index is 13.0. The van der Waals surface area contributed by atoms with Gasteiger partial charge >= 0.3 is 0 Å². The topological polar surface area (TPSA) is 41.6 Å². The number of morpholine rings is 1. The quantitative estimate of drug-likeness (QED) is 0.892. The fourth-order valence-corrected chi connectivity index (χ4v) is 3.32. The molecule has 1 N–H and O–H groups in total. The fraction of sp³-hybridized carbons (Fsp3) is 0.381. The molecule has 3 rings (SSSR count). The number of benzene rings is 2. The number of amides is 1. The molecule has 0 aliphatic carbocycles. The van der Waals surface area contributed by atoms with Gasteiger partial charge in [0.15, 0.2) is 0 Å². The largest absolute Gasteiger partial charge is 0.378 e. The maximum Gasteiger partial charge on any atom is 0.252 e. The van der Waals surface area contributed by atoms with Crippen molar-refractivity contribution in [2.24, 2.45) is 0 Å². The van der Waals surface area contributed by atoms with Gasteiger partial charge in [-0.3, -0.25) is 4.79 Å². The predicted molar refractivity (Wildman–Crippen MR) is 101 cm³/mol. The first-order chi connectivity index (χ1) is 12.6. The number of hydrogen-bond acceptors (Lipinski definition) is 3. The van der Waals surface area contributed by atoms with E-state index in [1.165, 1.54) is 12.1 Å². The first-order valence-corrected chi connectivity index (χ1v) is 9.07. The normalized spacial score (nSPS) is 14.3. The van der Waals surface area contributed by atoms with Crippen LogP contribution in [-0.4, -0.2) is 32.2 Å². The fourth-order valence-electron chi connectivity index (χ4n) is 3.32. The molecule has 1 amide bonds. The molecule has 138 valence electrons. The standard InChI is InChI=1S/C21H25FN2O2/c1-3-17-13-19(24-8-10-26-11-9-24)12-15(2)20(17)21(25)23-14-16-4-6-18(22)7-5-16/h4-7,12-13H,3,8-11,14H2,1-2H3,(H,23,25). The SMILES string of the molecule is CCc1cc(N2CCOCC2)cc(C)c1C(=O)NCc1ccc(F)cc1. The van der Waals surface area contributed by atoms with Gasteiger partial charge in [0.25, 0.3) is 5.91 Å². The number of nitrogens with one attached hydrogen (secondary N) is 1. The molecule has 26 heavy (non-hydrogen) atoms. The minimum absolute atomic E-state index is 0.0859. The maximum absolute atomic E-state index is 13.0. The monoisotopic (exact) mass is 356 g/mol. The molecule has 1 aliphatic heterocycles. The summed E-state index contributed by atoms with van der Waals surface area (Å²) in [6.45, 7) is 7.65. The van der Waals surface area contributed by atoms with Crippen molar-refractivity contribution in [3.05, 3.63) is 64.5 Å². The molecule has 1 heterocycles. The van der Waals surface area contributed by atoms with Gasteiger partial charge in [0.1, 0.15) is 5.82 Å². The zero-order chi connectivity index (χ0) is 18.5. The Morgan fingerprint density at radius 2 is 1.88 bits per heavy atom. The van der Waals surface area contributed by atoms with Crippen LogP contribution in [0.2, 0.25) is 0 Å². The lowest BCUT2D eigenvalue weighted by Gasteiger charge is -2.30. The average Bonchev–Trinajstić information content (AvgIpc) is 2.67. The van der Waals surface area contributed by atoms with Crippen molar-refractivity contribution < 1.29 is 13.9 Å². The molecule has 2 aromatic carbocycles. The lowest BCUT2D eigenvalue weighted by atomic mass is 9.97. The minimum atomic E-state index is -0.275. The number of ether oxygens (including phenoxy) is 1. The Morgan fingerprint density at radius 3 is 2.54 bits per heavy atom. The summed E-state index contributed by atoms with van der Waals surface area (Å²) >= 11 is 0. The molecule has 0 bridgehead atoms. The first-order valence-electron chi connectivity index (χ1n) is 9.07. The first kappa shape index (κ1) is 18.4. The Labute approximate surface area is 154 Å². The summed E-state index contributed by atoms with van der Waals surface area (Å²) in [6.07, 6.45) is 0.790. The number of anilines is 1. The number of halogens is 1. The summed E-state index contributed by atoms with van der Waals surface area (Å²) in [4.78, 5) is 15.1. The molecule has 1 fully saturated rings. The van der Waals surface area contributed by atoms with Gasteiger partial charge in [0.2, 0.25) is 0 Å². The molecule has 0 radical (unpaired) electrons. The zero-order valence-corrected chi connectivity index (χ0v) is 15.3. The third-order valence-corrected chi connectivity index (χ3v) is 4.75. The van der Waals surface area contributed by atoms with Crippen molar-refractivity contribution in [3.8, 4) is 0 Å². The molecular formula is C21H25FN2O2. The van der Waals surface area contributed by atoms with Crippen molar-refractivity contribution >= 4 is 11.6 Å². The van der Waals surface area contributed by atoms with Crippen LogP contribution in [-0.2, 0) is 17.7 Å². The Morgan fingerprint density at radius 1 is 1.19 bits per heavy atom. The Kier molecular flexibility index (Phi) is 5.89. The second-order valence-electron chi connectivity index (χ2n) is 6.56. The van der Waals surface area contributed by atoms with Gasteiger partial charge in [-0.25, -0.2) is 4.39 Å². The highest BCUT2D eigenvalue weighted by Crippen LogP contribution is 2.25. The van der Waals surface area contributed by atoms with Crippen LogP contribution >= 0.6 is 0 Å². The lowest BCUT2D eigenvalue weighted by molar-refractivity contribution is 0.0949. The third-order valence-electron chi connectivity index (χ3n) is 4.75. The van der Waals surface area contributed by atoms with E-state index in [0.717, 1.165) is 60.7 Å². The van der Waals surface area contributed by atoms with E-state index in [1.807, 2.05) is 6.92 Å². The van der Waals surface area contributed by atoms with Gasteiger partial charge < -0.3 is 15.0 Å². The highest BCUT2D eigenvalue weighted by molar-refractivity contribution is 5.97. The van der Waals surface area contributed by atoms with E-state index in [4.69, 9.17) is 4.74 Å². The molecule has 0 atom stereocenters. The van der Waals surface area contributed by atoms with Crippen LogP contribution in [0.1, 0.15) is 34.0 Å². The van der Waals surface area contributed by atoms with Crippen LogP contribution in [0.5, 0.6) is 0 Å². The van der Waals surface area contributed by atoms with Gasteiger partial charge in [-0.15, -0.1) is 0 Å². The Bertz CT molecular complexity index is 768. The van der Waals surface area contributed by atoms with E-state index in [1.54, 1.807) is 12.1 Å². The number of aryl methyl sites for hydroxylation is 2. The summed E-state index contributed by atoms with van der Waals surface area (Å²) in [6, 6.07) is 10.4. The van der Waals surface area contributed by atoms with Crippen molar-refractivity contribution in [1.29, 1.82) is 0 Å². The smallest absolute Gasteiger partial charge is 0.252 e. The van der Waals surface area contributed by atoms with Crippen molar-refractivity contribution in [2.45, 2.75) is 26.8 Å². The Balaban J connectivity index is 1.77. The van der Waals surface area contributed by atoms with Gasteiger partial charge in [-0.05, 0) is 54.3 Å². The summed E-state index contributed by atoms with van der Waals surface area (Å²) in [5.74, 6) is -0.361. The zero-order valence-electron chi connectivity index (χ0n) is 15.3. The Hall–Kier alpha value is -2.40. The highest BCUT2D eigenvalue weighted by Gasteiger charge is 2.18. The summed E-state index contributed by atoms with van der Waals surface area (Å²) < 4.78 is 18.4. The van der Waals surface area contributed by atoms with Gasteiger partial charge in [0.05, 0.1) is 13.2 Å². The average molecular weight is 356 g/mol. The van der Waals surface area contributed by atoms with E-state index in [2.05, 4.69) is 29.3 Å². The number of carbonyl (C=O) groups excluding carboxylic acids is 1. The molecule has 0 spiro atoms. The van der Waals surface area contributed by atoms with Gasteiger partial charge in [-0.1, -0.05) is 19.1 Å². The van der Waals surface area contributed by atoms with Crippen molar-refractivity contribution in [2.75, 3.05) is 31.2 Å². The number of hydrogen-bond donors (Lipinski definition) is 1. The molecule has 0 saturated carbocycles. The van der Waals surface area contributed by atoms with Crippen LogP contribution in [0.15, 0.2) is 36.4 Å². The molecule has 5 heteroatoms. The van der Waals surface area contributed by atoms with E-state index in [0.29, 0.717) is 6.54 Å². The van der Waals surface area contributed by atoms with Crippen LogP contribution in [0.4, 0.5) is 10.1 Å². The van der Waals surface area contributed by atoms with Crippen LogP contribution in [0, 0.1) is 12.7 Å². The summed E-state index contributed by atoms with van der Waals surface area (Å²) in [5, 5.41) is 2.95. The van der Waals surface area contributed by atoms with Crippen LogP contribution in [0.3, 0.4) is 0 Å². The predicted octanol–water partition coefficient (Wildman–Crippen LogP) is 3.46. The summed E-state index contributed by atoms with van der Waals surface area (Å²) in [7, 11) is 0. The van der Waals surface area contributed by atoms with E-state index in [-0.39, 0.29) is 11.7 Å².